The summed E-state index contributed by atoms with van der Waals surface area (Å²) in [7, 11) is 0. The molecular weight excluding hydrogens is 309 g/mol. The lowest BCUT2D eigenvalue weighted by atomic mass is 9.68. The van der Waals surface area contributed by atoms with E-state index in [1.807, 2.05) is 13.8 Å². The number of halogens is 3. The van der Waals surface area contributed by atoms with E-state index in [9.17, 15) is 18.0 Å². The van der Waals surface area contributed by atoms with E-state index in [0.717, 1.165) is 6.42 Å². The van der Waals surface area contributed by atoms with E-state index in [-0.39, 0.29) is 28.9 Å². The zero-order valence-corrected chi connectivity index (χ0v) is 12.8. The topological polar surface area (TPSA) is 50.7 Å². The van der Waals surface area contributed by atoms with Gasteiger partial charge >= 0.3 is 6.36 Å². The number of nitrogens with one attached hydrogen (secondary N) is 1. The first kappa shape index (κ1) is 15.8. The standard InChI is InChI=1S/C16H17F3N2O2/c1-15(2)7-11-13(12(22)8-15)14(21-20-11)9-3-5-10(6-4-9)23-16(17,18)19/h3-6,11,13,20H,7-8H2,1-2H3/t11-,13+/m0/s1. The van der Waals surface area contributed by atoms with E-state index < -0.39 is 6.36 Å². The van der Waals surface area contributed by atoms with Crippen LogP contribution in [0.1, 0.15) is 32.3 Å². The van der Waals surface area contributed by atoms with Gasteiger partial charge < -0.3 is 10.2 Å². The number of ether oxygens (including phenoxy) is 1. The minimum atomic E-state index is -4.72. The molecule has 124 valence electrons. The number of hydrazone groups is 1. The largest absolute Gasteiger partial charge is 0.573 e. The highest BCUT2D eigenvalue weighted by molar-refractivity contribution is 6.15. The summed E-state index contributed by atoms with van der Waals surface area (Å²) in [6.45, 7) is 4.09. The quantitative estimate of drug-likeness (QED) is 0.907. The maximum atomic E-state index is 12.4. The molecule has 0 radical (unpaired) electrons. The van der Waals surface area contributed by atoms with Crippen LogP contribution in [0.3, 0.4) is 0 Å². The fourth-order valence-corrected chi connectivity index (χ4v) is 3.35. The molecule has 0 amide bonds. The van der Waals surface area contributed by atoms with E-state index >= 15 is 0 Å². The first-order valence-electron chi connectivity index (χ1n) is 7.37. The minimum Gasteiger partial charge on any atom is -0.406 e. The number of hydrogen-bond acceptors (Lipinski definition) is 4. The van der Waals surface area contributed by atoms with Crippen molar-refractivity contribution in [2.75, 3.05) is 0 Å². The summed E-state index contributed by atoms with van der Waals surface area (Å²) >= 11 is 0. The van der Waals surface area contributed by atoms with Crippen molar-refractivity contribution < 1.29 is 22.7 Å². The van der Waals surface area contributed by atoms with E-state index in [1.165, 1.54) is 24.3 Å². The lowest BCUT2D eigenvalue weighted by molar-refractivity contribution is -0.274. The first-order valence-corrected chi connectivity index (χ1v) is 7.37. The summed E-state index contributed by atoms with van der Waals surface area (Å²) < 4.78 is 40.4. The fraction of sp³-hybridized carbons (Fsp3) is 0.500. The van der Waals surface area contributed by atoms with Crippen LogP contribution in [0.25, 0.3) is 0 Å². The predicted molar refractivity (Wildman–Crippen MR) is 78.1 cm³/mol. The molecule has 1 heterocycles. The Morgan fingerprint density at radius 2 is 1.91 bits per heavy atom. The van der Waals surface area contributed by atoms with Crippen LogP contribution < -0.4 is 10.2 Å². The second-order valence-corrected chi connectivity index (χ2v) is 6.79. The van der Waals surface area contributed by atoms with Crippen molar-refractivity contribution in [3.05, 3.63) is 29.8 Å². The lowest BCUT2D eigenvalue weighted by Crippen LogP contribution is -2.45. The van der Waals surface area contributed by atoms with Gasteiger partial charge in [-0.25, -0.2) is 0 Å². The Kier molecular flexibility index (Phi) is 3.61. The minimum absolute atomic E-state index is 0.0487. The van der Waals surface area contributed by atoms with E-state index in [1.54, 1.807) is 0 Å². The van der Waals surface area contributed by atoms with Crippen LogP contribution in [0.15, 0.2) is 29.4 Å². The van der Waals surface area contributed by atoms with Crippen molar-refractivity contribution in [1.82, 2.24) is 5.43 Å². The van der Waals surface area contributed by atoms with Gasteiger partial charge in [0, 0.05) is 6.42 Å². The average Bonchev–Trinajstić information content (AvgIpc) is 2.80. The predicted octanol–water partition coefficient (Wildman–Crippen LogP) is 3.27. The Labute approximate surface area is 131 Å². The van der Waals surface area contributed by atoms with Gasteiger partial charge in [-0.05, 0) is 41.7 Å². The molecule has 0 saturated heterocycles. The Morgan fingerprint density at radius 1 is 1.26 bits per heavy atom. The third-order valence-corrected chi connectivity index (χ3v) is 4.20. The Balaban J connectivity index is 1.79. The smallest absolute Gasteiger partial charge is 0.406 e. The molecule has 3 rings (SSSR count). The van der Waals surface area contributed by atoms with Gasteiger partial charge in [-0.3, -0.25) is 4.79 Å². The summed E-state index contributed by atoms with van der Waals surface area (Å²) in [6.07, 6.45) is -3.42. The number of nitrogens with zero attached hydrogens (tertiary/aromatic N) is 1. The highest BCUT2D eigenvalue weighted by atomic mass is 19.4. The second-order valence-electron chi connectivity index (χ2n) is 6.79. The molecule has 0 aromatic heterocycles. The third kappa shape index (κ3) is 3.33. The zero-order chi connectivity index (χ0) is 16.8. The Hall–Kier alpha value is -2.05. The molecule has 2 aliphatic rings. The number of Topliss-reactive ketones (excluding diaryl/α,β-unsaturated/α-hetero) is 1. The zero-order valence-electron chi connectivity index (χ0n) is 12.8. The second kappa shape index (κ2) is 5.25. The molecule has 23 heavy (non-hydrogen) atoms. The molecule has 1 aromatic rings. The van der Waals surface area contributed by atoms with Crippen LogP contribution in [-0.2, 0) is 4.79 Å². The van der Waals surface area contributed by atoms with E-state index in [4.69, 9.17) is 0 Å². The van der Waals surface area contributed by atoms with Crippen molar-refractivity contribution in [2.24, 2.45) is 16.4 Å². The highest BCUT2D eigenvalue weighted by Crippen LogP contribution is 2.39. The van der Waals surface area contributed by atoms with Crippen LogP contribution in [0.4, 0.5) is 13.2 Å². The monoisotopic (exact) mass is 326 g/mol. The number of rotatable bonds is 2. The molecule has 1 aliphatic carbocycles. The van der Waals surface area contributed by atoms with Crippen LogP contribution in [0.2, 0.25) is 0 Å². The van der Waals surface area contributed by atoms with Gasteiger partial charge in [-0.15, -0.1) is 13.2 Å². The number of alkyl halides is 3. The summed E-state index contributed by atoms with van der Waals surface area (Å²) in [6, 6.07) is 5.41. The van der Waals surface area contributed by atoms with Crippen molar-refractivity contribution in [3.8, 4) is 5.75 Å². The Bertz CT molecular complexity index is 650. The number of carbonyl (C=O) groups is 1. The normalized spacial score (nSPS) is 26.3. The summed E-state index contributed by atoms with van der Waals surface area (Å²) in [5.41, 5.74) is 4.16. The van der Waals surface area contributed by atoms with Gasteiger partial charge in [0.1, 0.15) is 11.5 Å². The summed E-state index contributed by atoms with van der Waals surface area (Å²) in [5, 5.41) is 4.25. The fourth-order valence-electron chi connectivity index (χ4n) is 3.35. The number of hydrogen-bond donors (Lipinski definition) is 1. The number of ketones is 1. The Morgan fingerprint density at radius 3 is 2.52 bits per heavy atom. The van der Waals surface area contributed by atoms with Crippen LogP contribution in [0.5, 0.6) is 5.75 Å². The molecular formula is C16H17F3N2O2. The third-order valence-electron chi connectivity index (χ3n) is 4.20. The van der Waals surface area contributed by atoms with Gasteiger partial charge in [0.25, 0.3) is 0 Å². The molecule has 1 N–H and O–H groups in total. The lowest BCUT2D eigenvalue weighted by Gasteiger charge is -2.36. The molecule has 1 fully saturated rings. The number of fused-ring (bicyclic) bond motifs is 1. The molecule has 2 atom stereocenters. The molecule has 4 nitrogen and oxygen atoms in total. The molecule has 1 aromatic carbocycles. The van der Waals surface area contributed by atoms with Crippen LogP contribution in [-0.4, -0.2) is 23.9 Å². The highest BCUT2D eigenvalue weighted by Gasteiger charge is 2.46. The molecule has 0 bridgehead atoms. The van der Waals surface area contributed by atoms with E-state index in [0.29, 0.717) is 17.7 Å². The van der Waals surface area contributed by atoms with Crippen LogP contribution in [0, 0.1) is 11.3 Å². The molecule has 0 spiro atoms. The maximum absolute atomic E-state index is 12.4. The maximum Gasteiger partial charge on any atom is 0.573 e. The molecule has 0 unspecified atom stereocenters. The van der Waals surface area contributed by atoms with Crippen molar-refractivity contribution in [1.29, 1.82) is 0 Å². The van der Waals surface area contributed by atoms with E-state index in [2.05, 4.69) is 15.3 Å². The van der Waals surface area contributed by atoms with Gasteiger partial charge in [0.2, 0.25) is 0 Å². The van der Waals surface area contributed by atoms with Crippen molar-refractivity contribution in [3.63, 3.8) is 0 Å². The summed E-state index contributed by atoms with van der Waals surface area (Å²) in [4.78, 5) is 12.4. The van der Waals surface area contributed by atoms with Gasteiger partial charge in [-0.2, -0.15) is 5.10 Å². The first-order chi connectivity index (χ1) is 10.6. The molecule has 1 saturated carbocycles. The van der Waals surface area contributed by atoms with Gasteiger partial charge in [0.05, 0.1) is 17.7 Å². The van der Waals surface area contributed by atoms with Crippen LogP contribution >= 0.6 is 0 Å². The van der Waals surface area contributed by atoms with Gasteiger partial charge in [0.15, 0.2) is 0 Å². The van der Waals surface area contributed by atoms with Gasteiger partial charge in [-0.1, -0.05) is 13.8 Å². The number of carbonyl (C=O) groups excluding carboxylic acids is 1. The number of benzene rings is 1. The molecule has 7 heteroatoms. The molecule has 1 aliphatic heterocycles. The SMILES string of the molecule is CC1(C)CC(=O)[C@@H]2C(c3ccc(OC(F)(F)F)cc3)=NN[C@H]2C1. The van der Waals surface area contributed by atoms with Crippen molar-refractivity contribution in [2.45, 2.75) is 39.1 Å². The van der Waals surface area contributed by atoms with Crippen molar-refractivity contribution >= 4 is 11.5 Å². The average molecular weight is 326 g/mol. The summed E-state index contributed by atoms with van der Waals surface area (Å²) in [5.74, 6) is -0.511.